The number of halogens is 3. The molecule has 0 aliphatic heterocycles. The first-order chi connectivity index (χ1) is 17.9. The van der Waals surface area contributed by atoms with Crippen LogP contribution < -0.4 is 21.7 Å². The van der Waals surface area contributed by atoms with Gasteiger partial charge >= 0.3 is 24.1 Å². The molecular formula is C24H36F3N5O6. The molecule has 0 saturated heterocycles. The number of alkyl halides is 3. The number of hydrogen-bond donors (Lipinski definition) is 6. The van der Waals surface area contributed by atoms with Crippen LogP contribution in [0.15, 0.2) is 24.4 Å². The first kappa shape index (κ1) is 32.6. The third-order valence-electron chi connectivity index (χ3n) is 5.88. The van der Waals surface area contributed by atoms with Gasteiger partial charge in [0.2, 0.25) is 5.91 Å². The van der Waals surface area contributed by atoms with Crippen molar-refractivity contribution in [1.82, 2.24) is 20.9 Å². The maximum Gasteiger partial charge on any atom is 0.490 e. The standard InChI is InChI=1S/C22H35N5O4.C2HF3O2/c23-12-6-4-11-18(21(29)30)26-22(31)27-19(14-16-8-2-1-3-9-16)20(28)25-15-17-10-5-7-13-24-17;3-2(4,5)1(6)7/h5,7,10,13,16,18-19H,1-4,6,8-9,11-12,14-15,23H2,(H,25,28)(H,29,30)(H2,26,27,31);(H,6,7)/t18-,19+;/m0./s1. The van der Waals surface area contributed by atoms with Crippen LogP contribution in [0.2, 0.25) is 0 Å². The lowest BCUT2D eigenvalue weighted by atomic mass is 9.84. The summed E-state index contributed by atoms with van der Waals surface area (Å²) >= 11 is 0. The minimum Gasteiger partial charge on any atom is -0.480 e. The Morgan fingerprint density at radius 1 is 1.03 bits per heavy atom. The Bertz CT molecular complexity index is 882. The summed E-state index contributed by atoms with van der Waals surface area (Å²) in [4.78, 5) is 49.9. The number of pyridine rings is 1. The zero-order chi connectivity index (χ0) is 28.6. The third kappa shape index (κ3) is 13.8. The summed E-state index contributed by atoms with van der Waals surface area (Å²) in [5, 5.41) is 24.5. The van der Waals surface area contributed by atoms with Gasteiger partial charge in [0.05, 0.1) is 12.2 Å². The van der Waals surface area contributed by atoms with Crippen LogP contribution in [0.3, 0.4) is 0 Å². The Balaban J connectivity index is 0.000000905. The molecule has 38 heavy (non-hydrogen) atoms. The fourth-order valence-electron chi connectivity index (χ4n) is 3.90. The highest BCUT2D eigenvalue weighted by Gasteiger charge is 2.38. The molecular weight excluding hydrogens is 511 g/mol. The Morgan fingerprint density at radius 2 is 1.66 bits per heavy atom. The number of carboxylic acids is 2. The average molecular weight is 548 g/mol. The van der Waals surface area contributed by atoms with Gasteiger partial charge < -0.3 is 31.9 Å². The van der Waals surface area contributed by atoms with Gasteiger partial charge in [-0.25, -0.2) is 14.4 Å². The van der Waals surface area contributed by atoms with Crippen LogP contribution in [0.25, 0.3) is 0 Å². The van der Waals surface area contributed by atoms with E-state index in [4.69, 9.17) is 15.6 Å². The van der Waals surface area contributed by atoms with Gasteiger partial charge in [-0.2, -0.15) is 13.2 Å². The molecule has 3 amide bonds. The summed E-state index contributed by atoms with van der Waals surface area (Å²) in [6.45, 7) is 0.736. The molecule has 1 fully saturated rings. The minimum absolute atomic E-state index is 0.265. The van der Waals surface area contributed by atoms with E-state index in [0.717, 1.165) is 31.4 Å². The van der Waals surface area contributed by atoms with Crippen LogP contribution >= 0.6 is 0 Å². The van der Waals surface area contributed by atoms with E-state index in [1.165, 1.54) is 6.42 Å². The van der Waals surface area contributed by atoms with E-state index in [1.54, 1.807) is 12.3 Å². The molecule has 11 nitrogen and oxygen atoms in total. The number of carboxylic acid groups (broad SMARTS) is 2. The Morgan fingerprint density at radius 3 is 2.18 bits per heavy atom. The van der Waals surface area contributed by atoms with Crippen molar-refractivity contribution in [1.29, 1.82) is 0 Å². The number of carbonyl (C=O) groups is 4. The van der Waals surface area contributed by atoms with Crippen LogP contribution in [0.5, 0.6) is 0 Å². The van der Waals surface area contributed by atoms with Crippen molar-refractivity contribution in [3.63, 3.8) is 0 Å². The van der Waals surface area contributed by atoms with Gasteiger partial charge in [0, 0.05) is 6.20 Å². The summed E-state index contributed by atoms with van der Waals surface area (Å²) in [5.74, 6) is -3.79. The molecule has 2 atom stereocenters. The Labute approximate surface area is 218 Å². The number of carbonyl (C=O) groups excluding carboxylic acids is 2. The molecule has 1 aromatic rings. The quantitative estimate of drug-likeness (QED) is 0.216. The molecule has 1 aromatic heterocycles. The minimum atomic E-state index is -5.08. The van der Waals surface area contributed by atoms with Gasteiger partial charge in [-0.15, -0.1) is 0 Å². The smallest absolute Gasteiger partial charge is 0.480 e. The number of nitrogens with two attached hydrogens (primary N) is 1. The summed E-state index contributed by atoms with van der Waals surface area (Å²) in [7, 11) is 0. The number of unbranched alkanes of at least 4 members (excludes halogenated alkanes) is 1. The lowest BCUT2D eigenvalue weighted by Crippen LogP contribution is -2.53. The molecule has 1 aliphatic carbocycles. The van der Waals surface area contributed by atoms with Gasteiger partial charge in [-0.1, -0.05) is 38.2 Å². The number of rotatable bonds is 12. The number of urea groups is 1. The van der Waals surface area contributed by atoms with Gasteiger partial charge in [0.1, 0.15) is 12.1 Å². The van der Waals surface area contributed by atoms with E-state index >= 15 is 0 Å². The number of aliphatic carboxylic acids is 2. The maximum absolute atomic E-state index is 12.8. The molecule has 7 N–H and O–H groups in total. The van der Waals surface area contributed by atoms with Gasteiger partial charge in [0.15, 0.2) is 0 Å². The highest BCUT2D eigenvalue weighted by molar-refractivity contribution is 5.88. The van der Waals surface area contributed by atoms with Gasteiger partial charge in [-0.3, -0.25) is 9.78 Å². The second kappa shape index (κ2) is 17.2. The predicted molar refractivity (Wildman–Crippen MR) is 131 cm³/mol. The van der Waals surface area contributed by atoms with E-state index in [2.05, 4.69) is 20.9 Å². The van der Waals surface area contributed by atoms with Crippen molar-refractivity contribution in [2.24, 2.45) is 11.7 Å². The fourth-order valence-corrected chi connectivity index (χ4v) is 3.90. The van der Waals surface area contributed by atoms with Crippen LogP contribution in [0, 0.1) is 5.92 Å². The monoisotopic (exact) mass is 547 g/mol. The molecule has 1 aliphatic rings. The number of nitrogens with one attached hydrogen (secondary N) is 3. The number of aromatic nitrogens is 1. The molecule has 214 valence electrons. The maximum atomic E-state index is 12.8. The zero-order valence-electron chi connectivity index (χ0n) is 21.0. The van der Waals surface area contributed by atoms with Crippen LogP contribution in [0.1, 0.15) is 63.5 Å². The SMILES string of the molecule is NCCCC[C@H](NC(=O)N[C@H](CC1CCCCC1)C(=O)NCc1ccccn1)C(=O)O.O=C(O)C(F)(F)F. The highest BCUT2D eigenvalue weighted by atomic mass is 19.4. The fraction of sp³-hybridized carbons (Fsp3) is 0.625. The van der Waals surface area contributed by atoms with E-state index in [9.17, 15) is 32.7 Å². The Kier molecular flexibility index (Phi) is 14.7. The van der Waals surface area contributed by atoms with Crippen molar-refractivity contribution >= 4 is 23.9 Å². The van der Waals surface area contributed by atoms with Crippen molar-refractivity contribution in [2.75, 3.05) is 6.54 Å². The molecule has 0 spiro atoms. The highest BCUT2D eigenvalue weighted by Crippen LogP contribution is 2.27. The average Bonchev–Trinajstić information content (AvgIpc) is 2.87. The molecule has 0 radical (unpaired) electrons. The van der Waals surface area contributed by atoms with Gasteiger partial charge in [0.25, 0.3) is 0 Å². The summed E-state index contributed by atoms with van der Waals surface area (Å²) in [6, 6.07) is 3.07. The Hall–Kier alpha value is -3.42. The van der Waals surface area contributed by atoms with Crippen molar-refractivity contribution in [3.05, 3.63) is 30.1 Å². The number of nitrogens with zero attached hydrogens (tertiary/aromatic N) is 1. The molecule has 0 unspecified atom stereocenters. The summed E-state index contributed by atoms with van der Waals surface area (Å²) < 4.78 is 31.7. The lowest BCUT2D eigenvalue weighted by molar-refractivity contribution is -0.192. The van der Waals surface area contributed by atoms with E-state index in [1.807, 2.05) is 12.1 Å². The third-order valence-corrected chi connectivity index (χ3v) is 5.88. The first-order valence-electron chi connectivity index (χ1n) is 12.4. The molecule has 14 heteroatoms. The van der Waals surface area contributed by atoms with E-state index < -0.39 is 36.2 Å². The van der Waals surface area contributed by atoms with Crippen molar-refractivity contribution < 1.29 is 42.6 Å². The first-order valence-corrected chi connectivity index (χ1v) is 12.4. The van der Waals surface area contributed by atoms with Crippen molar-refractivity contribution in [2.45, 2.75) is 82.6 Å². The van der Waals surface area contributed by atoms with Crippen LogP contribution in [-0.2, 0) is 20.9 Å². The summed E-state index contributed by atoms with van der Waals surface area (Å²) in [5.41, 5.74) is 6.18. The zero-order valence-corrected chi connectivity index (χ0v) is 21.0. The molecule has 0 aromatic carbocycles. The molecule has 2 rings (SSSR count). The second-order valence-corrected chi connectivity index (χ2v) is 8.93. The van der Waals surface area contributed by atoms with Gasteiger partial charge in [-0.05, 0) is 50.3 Å². The van der Waals surface area contributed by atoms with Crippen LogP contribution in [-0.4, -0.2) is 63.9 Å². The molecule has 0 bridgehead atoms. The molecule has 1 heterocycles. The normalized spacial score (nSPS) is 15.3. The largest absolute Gasteiger partial charge is 0.490 e. The number of hydrogen-bond acceptors (Lipinski definition) is 6. The summed E-state index contributed by atoms with van der Waals surface area (Å²) in [6.07, 6.45) is 4.20. The number of amides is 3. The molecule has 1 saturated carbocycles. The van der Waals surface area contributed by atoms with Crippen molar-refractivity contribution in [3.8, 4) is 0 Å². The second-order valence-electron chi connectivity index (χ2n) is 8.93. The van der Waals surface area contributed by atoms with E-state index in [0.29, 0.717) is 38.1 Å². The van der Waals surface area contributed by atoms with E-state index in [-0.39, 0.29) is 12.5 Å². The lowest BCUT2D eigenvalue weighted by Gasteiger charge is -2.27. The predicted octanol–water partition coefficient (Wildman–Crippen LogP) is 2.55. The topological polar surface area (TPSA) is 184 Å². The van der Waals surface area contributed by atoms with Crippen LogP contribution in [0.4, 0.5) is 18.0 Å².